The van der Waals surface area contributed by atoms with Crippen LogP contribution in [0.3, 0.4) is 0 Å². The molecule has 31 heavy (non-hydrogen) atoms. The molecule has 3 aromatic rings. The molecule has 3 N–H and O–H groups in total. The van der Waals surface area contributed by atoms with Crippen molar-refractivity contribution in [3.05, 3.63) is 75.8 Å². The predicted molar refractivity (Wildman–Crippen MR) is 123 cm³/mol. The van der Waals surface area contributed by atoms with Crippen LogP contribution in [0.25, 0.3) is 0 Å². The SMILES string of the molecule is Cc1nnc(SC[C@H]2OC(c3ccc(CN)cc3)O[C@@H](c3ccc(CO)cc3)[C@H]2C)s1. The molecule has 4 rings (SSSR count). The monoisotopic (exact) mass is 457 g/mol. The average molecular weight is 458 g/mol. The highest BCUT2D eigenvalue weighted by Crippen LogP contribution is 2.43. The first kappa shape index (κ1) is 22.4. The van der Waals surface area contributed by atoms with E-state index in [0.29, 0.717) is 6.54 Å². The molecule has 1 aliphatic rings. The molecule has 4 atom stereocenters. The van der Waals surface area contributed by atoms with Crippen LogP contribution in [0.5, 0.6) is 0 Å². The van der Waals surface area contributed by atoms with Gasteiger partial charge in [-0.05, 0) is 23.6 Å². The summed E-state index contributed by atoms with van der Waals surface area (Å²) in [5.41, 5.74) is 9.76. The number of nitrogens with zero attached hydrogens (tertiary/aromatic N) is 2. The van der Waals surface area contributed by atoms with Crippen molar-refractivity contribution in [1.82, 2.24) is 10.2 Å². The minimum atomic E-state index is -0.465. The molecule has 0 bridgehead atoms. The molecule has 1 unspecified atom stereocenters. The van der Waals surface area contributed by atoms with E-state index < -0.39 is 6.29 Å². The van der Waals surface area contributed by atoms with Gasteiger partial charge in [0.1, 0.15) is 5.01 Å². The van der Waals surface area contributed by atoms with Crippen molar-refractivity contribution in [2.45, 2.75) is 49.8 Å². The Hall–Kier alpha value is -1.81. The third kappa shape index (κ3) is 5.34. The van der Waals surface area contributed by atoms with Crippen LogP contribution in [0.15, 0.2) is 52.9 Å². The summed E-state index contributed by atoms with van der Waals surface area (Å²) in [5, 5.41) is 18.7. The molecule has 6 nitrogen and oxygen atoms in total. The topological polar surface area (TPSA) is 90.5 Å². The molecule has 0 amide bonds. The Kier molecular flexibility index (Phi) is 7.37. The van der Waals surface area contributed by atoms with E-state index in [2.05, 4.69) is 17.1 Å². The lowest BCUT2D eigenvalue weighted by Gasteiger charge is -2.41. The number of rotatable bonds is 7. The van der Waals surface area contributed by atoms with Crippen molar-refractivity contribution in [2.24, 2.45) is 11.7 Å². The number of benzene rings is 2. The van der Waals surface area contributed by atoms with Crippen molar-refractivity contribution in [3.8, 4) is 0 Å². The molecule has 2 heterocycles. The second-order valence-corrected chi connectivity index (χ2v) is 10.1. The smallest absolute Gasteiger partial charge is 0.184 e. The number of hydrogen-bond acceptors (Lipinski definition) is 8. The van der Waals surface area contributed by atoms with E-state index in [-0.39, 0.29) is 24.7 Å². The van der Waals surface area contributed by atoms with Crippen molar-refractivity contribution < 1.29 is 14.6 Å². The van der Waals surface area contributed by atoms with Crippen LogP contribution in [0, 0.1) is 12.8 Å². The van der Waals surface area contributed by atoms with Crippen LogP contribution >= 0.6 is 23.1 Å². The lowest BCUT2D eigenvalue weighted by Crippen LogP contribution is -2.38. The van der Waals surface area contributed by atoms with E-state index in [1.54, 1.807) is 23.1 Å². The molecule has 1 aromatic heterocycles. The van der Waals surface area contributed by atoms with Gasteiger partial charge in [0, 0.05) is 23.8 Å². The standard InChI is InChI=1S/C23H27N3O3S2/c1-14-20(13-30-23-26-25-15(2)31-23)28-22(19-9-3-16(11-24)4-10-19)29-21(14)18-7-5-17(12-27)6-8-18/h3-10,14,20-22,27H,11-13,24H2,1-2H3/t14-,20+,21+,22?/m0/s1. The second-order valence-electron chi connectivity index (χ2n) is 7.67. The van der Waals surface area contributed by atoms with Crippen molar-refractivity contribution in [3.63, 3.8) is 0 Å². The fourth-order valence-electron chi connectivity index (χ4n) is 3.61. The first-order chi connectivity index (χ1) is 15.1. The maximum absolute atomic E-state index is 9.37. The van der Waals surface area contributed by atoms with Crippen LogP contribution in [0.2, 0.25) is 0 Å². The summed E-state index contributed by atoms with van der Waals surface area (Å²) in [4.78, 5) is 0. The summed E-state index contributed by atoms with van der Waals surface area (Å²) in [6.45, 7) is 4.66. The van der Waals surface area contributed by atoms with E-state index in [9.17, 15) is 5.11 Å². The van der Waals surface area contributed by atoms with Gasteiger partial charge in [-0.3, -0.25) is 0 Å². The summed E-state index contributed by atoms with van der Waals surface area (Å²) in [7, 11) is 0. The molecule has 2 aromatic carbocycles. The zero-order valence-corrected chi connectivity index (χ0v) is 19.2. The zero-order valence-electron chi connectivity index (χ0n) is 17.6. The zero-order chi connectivity index (χ0) is 21.8. The van der Waals surface area contributed by atoms with Gasteiger partial charge in [0.05, 0.1) is 18.8 Å². The number of aromatic nitrogens is 2. The minimum Gasteiger partial charge on any atom is -0.392 e. The molecular weight excluding hydrogens is 430 g/mol. The highest BCUT2D eigenvalue weighted by Gasteiger charge is 2.38. The normalized spacial score (nSPS) is 23.7. The number of hydrogen-bond donors (Lipinski definition) is 2. The van der Waals surface area contributed by atoms with Crippen LogP contribution in [0.4, 0.5) is 0 Å². The van der Waals surface area contributed by atoms with Gasteiger partial charge in [0.25, 0.3) is 0 Å². The average Bonchev–Trinajstić information content (AvgIpc) is 3.23. The Bertz CT molecular complexity index is 978. The molecular formula is C23H27N3O3S2. The lowest BCUT2D eigenvalue weighted by molar-refractivity contribution is -0.268. The largest absolute Gasteiger partial charge is 0.392 e. The maximum atomic E-state index is 9.37. The molecule has 1 saturated heterocycles. The molecule has 0 saturated carbocycles. The van der Waals surface area contributed by atoms with Crippen LogP contribution < -0.4 is 5.73 Å². The quantitative estimate of drug-likeness (QED) is 0.509. The van der Waals surface area contributed by atoms with Crippen LogP contribution in [-0.4, -0.2) is 27.2 Å². The molecule has 8 heteroatoms. The van der Waals surface area contributed by atoms with E-state index in [0.717, 1.165) is 37.4 Å². The fourth-order valence-corrected chi connectivity index (χ4v) is 5.62. The van der Waals surface area contributed by atoms with Crippen molar-refractivity contribution in [2.75, 3.05) is 5.75 Å². The maximum Gasteiger partial charge on any atom is 0.184 e. The van der Waals surface area contributed by atoms with E-state index in [1.165, 1.54) is 0 Å². The second kappa shape index (κ2) is 10.2. The van der Waals surface area contributed by atoms with Gasteiger partial charge in [0.15, 0.2) is 10.6 Å². The molecule has 1 fully saturated rings. The molecule has 0 aliphatic carbocycles. The Morgan fingerprint density at radius 2 is 1.68 bits per heavy atom. The predicted octanol–water partition coefficient (Wildman–Crippen LogP) is 4.38. The number of nitrogens with two attached hydrogens (primary N) is 1. The molecule has 0 spiro atoms. The highest BCUT2D eigenvalue weighted by molar-refractivity contribution is 8.01. The van der Waals surface area contributed by atoms with Gasteiger partial charge in [-0.25, -0.2) is 0 Å². The van der Waals surface area contributed by atoms with E-state index in [4.69, 9.17) is 15.2 Å². The highest BCUT2D eigenvalue weighted by atomic mass is 32.2. The summed E-state index contributed by atoms with van der Waals surface area (Å²) >= 11 is 3.27. The Morgan fingerprint density at radius 1 is 1.00 bits per heavy atom. The number of aliphatic hydroxyl groups excluding tert-OH is 1. The third-order valence-electron chi connectivity index (χ3n) is 5.49. The number of aryl methyl sites for hydroxylation is 1. The number of thioether (sulfide) groups is 1. The van der Waals surface area contributed by atoms with E-state index >= 15 is 0 Å². The van der Waals surface area contributed by atoms with E-state index in [1.807, 2.05) is 55.5 Å². The van der Waals surface area contributed by atoms with Crippen molar-refractivity contribution >= 4 is 23.1 Å². The Labute approximate surface area is 190 Å². The molecule has 1 aliphatic heterocycles. The summed E-state index contributed by atoms with van der Waals surface area (Å²) in [6.07, 6.45) is -0.612. The fraction of sp³-hybridized carbons (Fsp3) is 0.391. The minimum absolute atomic E-state index is 0.0235. The van der Waals surface area contributed by atoms with Gasteiger partial charge >= 0.3 is 0 Å². The van der Waals surface area contributed by atoms with Crippen LogP contribution in [-0.2, 0) is 22.6 Å². The summed E-state index contributed by atoms with van der Waals surface area (Å²) in [5.74, 6) is 0.906. The van der Waals surface area contributed by atoms with Gasteiger partial charge in [-0.1, -0.05) is 78.6 Å². The first-order valence-corrected chi connectivity index (χ1v) is 12.1. The Balaban J connectivity index is 1.57. The molecule has 0 radical (unpaired) electrons. The Morgan fingerprint density at radius 3 is 2.29 bits per heavy atom. The van der Waals surface area contributed by atoms with Gasteiger partial charge in [-0.15, -0.1) is 10.2 Å². The van der Waals surface area contributed by atoms with Crippen LogP contribution in [0.1, 0.15) is 46.6 Å². The summed E-state index contributed by atoms with van der Waals surface area (Å²) in [6, 6.07) is 16.0. The van der Waals surface area contributed by atoms with Gasteiger partial charge < -0.3 is 20.3 Å². The first-order valence-electron chi connectivity index (χ1n) is 10.3. The third-order valence-corrected chi connectivity index (χ3v) is 7.55. The lowest BCUT2D eigenvalue weighted by atomic mass is 9.91. The summed E-state index contributed by atoms with van der Waals surface area (Å²) < 4.78 is 13.8. The number of ether oxygens (including phenoxy) is 2. The van der Waals surface area contributed by atoms with Gasteiger partial charge in [-0.2, -0.15) is 0 Å². The number of aliphatic hydroxyl groups is 1. The van der Waals surface area contributed by atoms with Crippen molar-refractivity contribution in [1.29, 1.82) is 0 Å². The molecule has 164 valence electrons. The van der Waals surface area contributed by atoms with Gasteiger partial charge in [0.2, 0.25) is 0 Å².